The highest BCUT2D eigenvalue weighted by molar-refractivity contribution is 8.78. The number of carbonyl (C=O) groups is 2. The van der Waals surface area contributed by atoms with Crippen molar-refractivity contribution in [3.8, 4) is 6.07 Å². The fraction of sp³-hybridized carbons (Fsp3) is 0.483. The fourth-order valence-corrected chi connectivity index (χ4v) is 9.50. The standard InChI is InChI=1S/C29H37N2O6PS2/c1-21(2)31(22(3)4)38(35-19-13-18-30)37-27-28(5,6)39-40-29(27,36-26(33)24-16-11-8-12-17-24)20-34-25(32)23-14-9-7-10-15-23/h7-12,14-17,21-22,27H,13,19-20H2,1-6H3. The van der Waals surface area contributed by atoms with Gasteiger partial charge in [0, 0.05) is 12.1 Å². The van der Waals surface area contributed by atoms with Gasteiger partial charge in [0.2, 0.25) is 4.93 Å². The maximum absolute atomic E-state index is 13.4. The van der Waals surface area contributed by atoms with Crippen LogP contribution in [0.3, 0.4) is 0 Å². The molecule has 1 saturated heterocycles. The minimum absolute atomic E-state index is 0.0789. The van der Waals surface area contributed by atoms with Gasteiger partial charge >= 0.3 is 11.9 Å². The summed E-state index contributed by atoms with van der Waals surface area (Å²) in [6, 6.07) is 19.7. The molecule has 0 spiro atoms. The quantitative estimate of drug-likeness (QED) is 0.101. The Morgan fingerprint density at radius 3 is 2.02 bits per heavy atom. The molecule has 0 N–H and O–H groups in total. The molecule has 3 atom stereocenters. The van der Waals surface area contributed by atoms with Gasteiger partial charge in [-0.1, -0.05) is 47.2 Å². The molecule has 216 valence electrons. The zero-order valence-corrected chi connectivity index (χ0v) is 26.3. The average molecular weight is 605 g/mol. The Bertz CT molecular complexity index is 1150. The summed E-state index contributed by atoms with van der Waals surface area (Å²) >= 11 is 0. The molecule has 1 heterocycles. The van der Waals surface area contributed by atoms with Gasteiger partial charge in [0.1, 0.15) is 12.7 Å². The zero-order valence-electron chi connectivity index (χ0n) is 23.7. The highest BCUT2D eigenvalue weighted by Crippen LogP contribution is 2.63. The molecule has 2 aromatic carbocycles. The number of benzene rings is 2. The molecule has 40 heavy (non-hydrogen) atoms. The predicted molar refractivity (Wildman–Crippen MR) is 161 cm³/mol. The van der Waals surface area contributed by atoms with Crippen LogP contribution in [0.1, 0.15) is 68.7 Å². The molecule has 11 heteroatoms. The maximum Gasteiger partial charge on any atom is 0.339 e. The highest BCUT2D eigenvalue weighted by Gasteiger charge is 2.61. The SMILES string of the molecule is CC(C)N(C(C)C)P(OCCC#N)OC1C(C)(C)SSC1(COC(=O)c1ccccc1)OC(=O)c1ccccc1. The molecular formula is C29H37N2O6PS2. The maximum atomic E-state index is 13.4. The number of carbonyl (C=O) groups excluding carboxylic acids is 2. The van der Waals surface area contributed by atoms with Crippen molar-refractivity contribution in [3.63, 3.8) is 0 Å². The van der Waals surface area contributed by atoms with Crippen molar-refractivity contribution in [2.45, 2.75) is 75.8 Å². The van der Waals surface area contributed by atoms with E-state index in [2.05, 4.69) is 38.4 Å². The summed E-state index contributed by atoms with van der Waals surface area (Å²) in [5.41, 5.74) is 0.774. The molecule has 0 saturated carbocycles. The summed E-state index contributed by atoms with van der Waals surface area (Å²) in [6.45, 7) is 12.2. The Morgan fingerprint density at radius 1 is 0.950 bits per heavy atom. The fourth-order valence-electron chi connectivity index (χ4n) is 4.20. The van der Waals surface area contributed by atoms with E-state index in [1.54, 1.807) is 48.5 Å². The Kier molecular flexibility index (Phi) is 11.9. The second-order valence-corrected chi connectivity index (χ2v) is 14.8. The van der Waals surface area contributed by atoms with Gasteiger partial charge in [0.15, 0.2) is 0 Å². The van der Waals surface area contributed by atoms with Gasteiger partial charge in [-0.25, -0.2) is 14.3 Å². The molecule has 2 aromatic rings. The first-order valence-corrected chi connectivity index (χ1v) is 16.4. The van der Waals surface area contributed by atoms with E-state index in [-0.39, 0.29) is 31.7 Å². The largest absolute Gasteiger partial charge is 0.457 e. The van der Waals surface area contributed by atoms with Gasteiger partial charge in [0.05, 0.1) is 35.0 Å². The Labute approximate surface area is 246 Å². The van der Waals surface area contributed by atoms with Crippen molar-refractivity contribution >= 4 is 42.1 Å². The second-order valence-electron chi connectivity index (χ2n) is 10.3. The van der Waals surface area contributed by atoms with Crippen molar-refractivity contribution in [3.05, 3.63) is 71.8 Å². The summed E-state index contributed by atoms with van der Waals surface area (Å²) in [5.74, 6) is -1.07. The van der Waals surface area contributed by atoms with E-state index in [1.807, 2.05) is 26.0 Å². The van der Waals surface area contributed by atoms with Gasteiger partial charge in [0.25, 0.3) is 8.53 Å². The number of nitriles is 1. The van der Waals surface area contributed by atoms with Crippen molar-refractivity contribution < 1.29 is 28.1 Å². The molecule has 8 nitrogen and oxygen atoms in total. The minimum atomic E-state index is -1.67. The van der Waals surface area contributed by atoms with E-state index in [4.69, 9.17) is 23.8 Å². The first-order chi connectivity index (χ1) is 19.0. The van der Waals surface area contributed by atoms with Crippen molar-refractivity contribution in [2.24, 2.45) is 0 Å². The van der Waals surface area contributed by atoms with Crippen LogP contribution in [-0.4, -0.2) is 57.7 Å². The van der Waals surface area contributed by atoms with Gasteiger partial charge in [-0.3, -0.25) is 0 Å². The van der Waals surface area contributed by atoms with Crippen LogP contribution < -0.4 is 0 Å². The smallest absolute Gasteiger partial charge is 0.339 e. The summed E-state index contributed by atoms with van der Waals surface area (Å²) in [6.07, 6.45) is -0.508. The van der Waals surface area contributed by atoms with Crippen LogP contribution in [0.2, 0.25) is 0 Å². The third-order valence-electron chi connectivity index (χ3n) is 5.98. The molecule has 1 fully saturated rings. The van der Waals surface area contributed by atoms with Crippen LogP contribution in [0, 0.1) is 11.3 Å². The molecule has 1 aliphatic heterocycles. The number of ether oxygens (including phenoxy) is 2. The van der Waals surface area contributed by atoms with E-state index >= 15 is 0 Å². The summed E-state index contributed by atoms with van der Waals surface area (Å²) < 4.78 is 26.6. The third kappa shape index (κ3) is 8.22. The number of nitrogens with zero attached hydrogens (tertiary/aromatic N) is 2. The van der Waals surface area contributed by atoms with E-state index in [0.29, 0.717) is 11.1 Å². The first-order valence-electron chi connectivity index (χ1n) is 13.1. The third-order valence-corrected chi connectivity index (χ3v) is 11.9. The molecule has 1 aliphatic rings. The first kappa shape index (κ1) is 32.4. The van der Waals surface area contributed by atoms with Gasteiger partial charge in [-0.15, -0.1) is 0 Å². The Morgan fingerprint density at radius 2 is 1.50 bits per heavy atom. The van der Waals surface area contributed by atoms with Crippen LogP contribution >= 0.6 is 30.1 Å². The lowest BCUT2D eigenvalue weighted by molar-refractivity contribution is -0.0660. The molecule has 0 bridgehead atoms. The van der Waals surface area contributed by atoms with Crippen LogP contribution in [-0.2, 0) is 18.5 Å². The number of esters is 2. The predicted octanol–water partition coefficient (Wildman–Crippen LogP) is 7.23. The lowest BCUT2D eigenvalue weighted by Gasteiger charge is -2.42. The van der Waals surface area contributed by atoms with Crippen molar-refractivity contribution in [2.75, 3.05) is 13.2 Å². The summed E-state index contributed by atoms with van der Waals surface area (Å²) in [5, 5.41) is 9.12. The summed E-state index contributed by atoms with van der Waals surface area (Å²) in [4.78, 5) is 25.0. The molecule has 0 aromatic heterocycles. The Balaban J connectivity index is 1.99. The van der Waals surface area contributed by atoms with E-state index < -0.39 is 36.2 Å². The second kappa shape index (κ2) is 14.7. The molecule has 0 aliphatic carbocycles. The van der Waals surface area contributed by atoms with Crippen LogP contribution in [0.15, 0.2) is 60.7 Å². The topological polar surface area (TPSA) is 98.1 Å². The number of hydrogen-bond donors (Lipinski definition) is 0. The monoisotopic (exact) mass is 604 g/mol. The molecule has 0 radical (unpaired) electrons. The lowest BCUT2D eigenvalue weighted by atomic mass is 10.00. The number of rotatable bonds is 13. The molecule has 3 unspecified atom stereocenters. The summed E-state index contributed by atoms with van der Waals surface area (Å²) in [7, 11) is 1.16. The van der Waals surface area contributed by atoms with Crippen molar-refractivity contribution in [1.29, 1.82) is 5.26 Å². The minimum Gasteiger partial charge on any atom is -0.457 e. The van der Waals surface area contributed by atoms with Crippen molar-refractivity contribution in [1.82, 2.24) is 4.67 Å². The van der Waals surface area contributed by atoms with Gasteiger partial charge < -0.3 is 18.5 Å². The van der Waals surface area contributed by atoms with Crippen LogP contribution in [0.5, 0.6) is 0 Å². The normalized spacial score (nSPS) is 20.9. The van der Waals surface area contributed by atoms with Crippen LogP contribution in [0.25, 0.3) is 0 Å². The van der Waals surface area contributed by atoms with Crippen LogP contribution in [0.4, 0.5) is 0 Å². The number of hydrogen-bond acceptors (Lipinski definition) is 10. The molecular weight excluding hydrogens is 567 g/mol. The average Bonchev–Trinajstić information content (AvgIpc) is 3.17. The van der Waals surface area contributed by atoms with Gasteiger partial charge in [-0.2, -0.15) is 5.26 Å². The highest BCUT2D eigenvalue weighted by atomic mass is 33.1. The van der Waals surface area contributed by atoms with Gasteiger partial charge in [-0.05, 0) is 76.6 Å². The lowest BCUT2D eigenvalue weighted by Crippen LogP contribution is -2.52. The van der Waals surface area contributed by atoms with E-state index in [0.717, 1.165) is 0 Å². The molecule has 3 rings (SSSR count). The molecule has 0 amide bonds. The Hall–Kier alpha value is -2.12. The van der Waals surface area contributed by atoms with E-state index in [9.17, 15) is 9.59 Å². The zero-order chi connectivity index (χ0) is 29.3. The van der Waals surface area contributed by atoms with E-state index in [1.165, 1.54) is 21.6 Å².